The molecule has 0 bridgehead atoms. The lowest BCUT2D eigenvalue weighted by Gasteiger charge is -2.17. The van der Waals surface area contributed by atoms with E-state index in [0.717, 1.165) is 9.20 Å². The molecule has 0 heterocycles. The van der Waals surface area contributed by atoms with E-state index in [1.807, 2.05) is 6.26 Å². The molecular weight excluding hydrogens is 448 g/mol. The summed E-state index contributed by atoms with van der Waals surface area (Å²) in [6, 6.07) is 11.5. The minimum Gasteiger partial charge on any atom is -0.325 e. The number of benzene rings is 2. The molecule has 9 heteroatoms. The Kier molecular flexibility index (Phi) is 6.93. The molecule has 1 N–H and O–H groups in total. The van der Waals surface area contributed by atoms with E-state index in [4.69, 9.17) is 11.6 Å². The molecule has 0 saturated heterocycles. The minimum atomic E-state index is -3.74. The first kappa shape index (κ1) is 20.3. The maximum Gasteiger partial charge on any atom is 0.243 e. The van der Waals surface area contributed by atoms with Crippen LogP contribution in [-0.4, -0.2) is 38.5 Å². The lowest BCUT2D eigenvalue weighted by molar-refractivity contribution is -0.116. The van der Waals surface area contributed by atoms with E-state index >= 15 is 0 Å². The molecule has 0 aromatic heterocycles. The summed E-state index contributed by atoms with van der Waals surface area (Å²) in [7, 11) is -2.37. The number of hydrogen-bond donors (Lipinski definition) is 1. The number of sulfonamides is 1. The number of carbonyl (C=O) groups excluding carboxylic acids is 1. The summed E-state index contributed by atoms with van der Waals surface area (Å²) in [6.45, 7) is -0.305. The van der Waals surface area contributed by atoms with Crippen molar-refractivity contribution in [3.05, 3.63) is 52.0 Å². The van der Waals surface area contributed by atoms with Crippen LogP contribution < -0.4 is 5.32 Å². The van der Waals surface area contributed by atoms with Gasteiger partial charge in [-0.25, -0.2) is 8.42 Å². The number of amides is 1. The molecule has 2 aromatic rings. The Morgan fingerprint density at radius 3 is 2.44 bits per heavy atom. The summed E-state index contributed by atoms with van der Waals surface area (Å²) in [5.74, 6) is -0.454. The van der Waals surface area contributed by atoms with Crippen molar-refractivity contribution < 1.29 is 13.2 Å². The largest absolute Gasteiger partial charge is 0.325 e. The fourth-order valence-electron chi connectivity index (χ4n) is 1.99. The topological polar surface area (TPSA) is 66.5 Å². The van der Waals surface area contributed by atoms with E-state index in [2.05, 4.69) is 21.2 Å². The molecule has 1 amide bonds. The average Bonchev–Trinajstić information content (AvgIpc) is 2.58. The second kappa shape index (κ2) is 8.55. The van der Waals surface area contributed by atoms with Crippen molar-refractivity contribution in [2.45, 2.75) is 9.79 Å². The van der Waals surface area contributed by atoms with E-state index in [-0.39, 0.29) is 11.4 Å². The number of halogens is 2. The van der Waals surface area contributed by atoms with Gasteiger partial charge in [0.05, 0.1) is 16.5 Å². The summed E-state index contributed by atoms with van der Waals surface area (Å²) < 4.78 is 26.8. The molecule has 0 aliphatic heterocycles. The van der Waals surface area contributed by atoms with Crippen LogP contribution in [0.5, 0.6) is 0 Å². The van der Waals surface area contributed by atoms with E-state index < -0.39 is 15.9 Å². The maximum atomic E-state index is 12.5. The summed E-state index contributed by atoms with van der Waals surface area (Å²) >= 11 is 10.8. The highest BCUT2D eigenvalue weighted by molar-refractivity contribution is 9.10. The molecule has 0 fully saturated rings. The second-order valence-electron chi connectivity index (χ2n) is 5.11. The molecular formula is C16H16BrClN2O3S2. The first-order chi connectivity index (χ1) is 11.7. The molecule has 0 saturated carbocycles. The van der Waals surface area contributed by atoms with Gasteiger partial charge in [0.15, 0.2) is 0 Å². The van der Waals surface area contributed by atoms with Crippen molar-refractivity contribution >= 4 is 60.9 Å². The Morgan fingerprint density at radius 2 is 1.88 bits per heavy atom. The highest BCUT2D eigenvalue weighted by Crippen LogP contribution is 2.25. The van der Waals surface area contributed by atoms with E-state index in [1.165, 1.54) is 30.9 Å². The summed E-state index contributed by atoms with van der Waals surface area (Å²) in [4.78, 5) is 13.2. The van der Waals surface area contributed by atoms with Crippen LogP contribution in [0.25, 0.3) is 0 Å². The van der Waals surface area contributed by atoms with Gasteiger partial charge in [-0.15, -0.1) is 11.8 Å². The van der Waals surface area contributed by atoms with Crippen LogP contribution in [0.3, 0.4) is 0 Å². The molecule has 2 aromatic carbocycles. The zero-order chi connectivity index (χ0) is 18.6. The lowest BCUT2D eigenvalue weighted by Crippen LogP contribution is -2.34. The van der Waals surface area contributed by atoms with Gasteiger partial charge in [0.2, 0.25) is 15.9 Å². The summed E-state index contributed by atoms with van der Waals surface area (Å²) in [5.41, 5.74) is 0.494. The molecule has 0 atom stereocenters. The van der Waals surface area contributed by atoms with E-state index in [0.29, 0.717) is 15.2 Å². The Balaban J connectivity index is 2.07. The SMILES string of the molecule is CSc1ccc(S(=O)(=O)N(C)CC(=O)Nc2ccc(Br)c(Cl)c2)cc1. The number of carbonyl (C=O) groups is 1. The number of hydrogen-bond acceptors (Lipinski definition) is 4. The van der Waals surface area contributed by atoms with Crippen molar-refractivity contribution in [3.63, 3.8) is 0 Å². The minimum absolute atomic E-state index is 0.146. The van der Waals surface area contributed by atoms with Crippen LogP contribution in [-0.2, 0) is 14.8 Å². The van der Waals surface area contributed by atoms with Crippen molar-refractivity contribution in [3.8, 4) is 0 Å². The Hall–Kier alpha value is -1.06. The predicted octanol–water partition coefficient (Wildman–Crippen LogP) is 4.08. The van der Waals surface area contributed by atoms with Crippen LogP contribution in [0.1, 0.15) is 0 Å². The fourth-order valence-corrected chi connectivity index (χ4v) is 3.95. The first-order valence-corrected chi connectivity index (χ1v) is 10.9. The molecule has 0 aliphatic carbocycles. The number of nitrogens with zero attached hydrogens (tertiary/aromatic N) is 1. The van der Waals surface area contributed by atoms with Crippen molar-refractivity contribution in [1.82, 2.24) is 4.31 Å². The van der Waals surface area contributed by atoms with Gasteiger partial charge in [0.1, 0.15) is 0 Å². The summed E-state index contributed by atoms with van der Waals surface area (Å²) in [6.07, 6.45) is 1.91. The smallest absolute Gasteiger partial charge is 0.243 e. The van der Waals surface area contributed by atoms with Crippen molar-refractivity contribution in [1.29, 1.82) is 0 Å². The van der Waals surface area contributed by atoms with E-state index in [9.17, 15) is 13.2 Å². The molecule has 25 heavy (non-hydrogen) atoms. The molecule has 0 unspecified atom stereocenters. The highest BCUT2D eigenvalue weighted by Gasteiger charge is 2.23. The highest BCUT2D eigenvalue weighted by atomic mass is 79.9. The quantitative estimate of drug-likeness (QED) is 0.656. The van der Waals surface area contributed by atoms with Gasteiger partial charge in [0, 0.05) is 22.1 Å². The third-order valence-corrected chi connectivity index (χ3v) is 7.13. The van der Waals surface area contributed by atoms with Crippen molar-refractivity contribution in [2.75, 3.05) is 25.2 Å². The van der Waals surface area contributed by atoms with Gasteiger partial charge in [-0.05, 0) is 64.7 Å². The first-order valence-electron chi connectivity index (χ1n) is 7.09. The predicted molar refractivity (Wildman–Crippen MR) is 106 cm³/mol. The Morgan fingerprint density at radius 1 is 1.24 bits per heavy atom. The monoisotopic (exact) mass is 462 g/mol. The molecule has 5 nitrogen and oxygen atoms in total. The van der Waals surface area contributed by atoms with Gasteiger partial charge in [-0.2, -0.15) is 4.31 Å². The van der Waals surface area contributed by atoms with Crippen molar-refractivity contribution in [2.24, 2.45) is 0 Å². The molecule has 134 valence electrons. The molecule has 0 spiro atoms. The van der Waals surface area contributed by atoms with Crippen LogP contribution in [0.4, 0.5) is 5.69 Å². The number of nitrogens with one attached hydrogen (secondary N) is 1. The molecule has 0 aliphatic rings. The number of likely N-dealkylation sites (N-methyl/N-ethyl adjacent to an activating group) is 1. The summed E-state index contributed by atoms with van der Waals surface area (Å²) in [5, 5.41) is 3.08. The van der Waals surface area contributed by atoms with Crippen LogP contribution >= 0.6 is 39.3 Å². The van der Waals surface area contributed by atoms with Crippen LogP contribution in [0.2, 0.25) is 5.02 Å². The Bertz CT molecular complexity index is 873. The standard InChI is InChI=1S/C16H16BrClN2O3S2/c1-20(25(22,23)13-6-4-12(24-2)5-7-13)10-16(21)19-11-3-8-14(17)15(18)9-11/h3-9H,10H2,1-2H3,(H,19,21). The average molecular weight is 464 g/mol. The third-order valence-electron chi connectivity index (χ3n) is 3.34. The fraction of sp³-hybridized carbons (Fsp3) is 0.188. The van der Waals surface area contributed by atoms with Gasteiger partial charge in [0.25, 0.3) is 0 Å². The van der Waals surface area contributed by atoms with E-state index in [1.54, 1.807) is 30.3 Å². The van der Waals surface area contributed by atoms with Gasteiger partial charge >= 0.3 is 0 Å². The lowest BCUT2D eigenvalue weighted by atomic mass is 10.3. The normalized spacial score (nSPS) is 11.6. The van der Waals surface area contributed by atoms with Crippen LogP contribution in [0.15, 0.2) is 56.7 Å². The van der Waals surface area contributed by atoms with Gasteiger partial charge in [-0.3, -0.25) is 4.79 Å². The van der Waals surface area contributed by atoms with Gasteiger partial charge in [-0.1, -0.05) is 11.6 Å². The number of rotatable bonds is 6. The Labute approximate surface area is 164 Å². The number of anilines is 1. The number of thioether (sulfide) groups is 1. The second-order valence-corrected chi connectivity index (χ2v) is 9.30. The zero-order valence-electron chi connectivity index (χ0n) is 13.5. The molecule has 0 radical (unpaired) electrons. The maximum absolute atomic E-state index is 12.5. The van der Waals surface area contributed by atoms with Gasteiger partial charge < -0.3 is 5.32 Å². The zero-order valence-corrected chi connectivity index (χ0v) is 17.5. The van der Waals surface area contributed by atoms with Crippen LogP contribution in [0, 0.1) is 0 Å². The third kappa shape index (κ3) is 5.21. The molecule has 2 rings (SSSR count).